The zero-order valence-corrected chi connectivity index (χ0v) is 28.6. The third-order valence-electron chi connectivity index (χ3n) is 7.19. The molecule has 218 valence electrons. The van der Waals surface area contributed by atoms with Crippen molar-refractivity contribution in [2.75, 3.05) is 14.7 Å². The van der Waals surface area contributed by atoms with Gasteiger partial charge in [-0.15, -0.1) is 0 Å². The SMILES string of the molecule is CC(C)(C)c1ccnc(N2c3[c-]c(Oc4[c-]c(N5C=CN(c6ccccc6)[CH-]5)ccc4)ccc3[Te]c3ccccc32)c1.[Pt]. The van der Waals surface area contributed by atoms with Gasteiger partial charge in [-0.3, -0.25) is 0 Å². The fourth-order valence-electron chi connectivity index (χ4n) is 4.99. The fourth-order valence-corrected chi connectivity index (χ4v) is 7.90. The van der Waals surface area contributed by atoms with Crippen LogP contribution in [0.1, 0.15) is 26.3 Å². The third-order valence-corrected chi connectivity index (χ3v) is 10.4. The normalized spacial score (nSPS) is 13.8. The van der Waals surface area contributed by atoms with Gasteiger partial charge in [-0.05, 0) is 12.1 Å². The molecule has 1 aromatic heterocycles. The maximum atomic E-state index is 6.38. The van der Waals surface area contributed by atoms with Gasteiger partial charge in [0.25, 0.3) is 0 Å². The van der Waals surface area contributed by atoms with Gasteiger partial charge < -0.3 is 0 Å². The Labute approximate surface area is 278 Å². The zero-order valence-electron chi connectivity index (χ0n) is 24.0. The molecule has 0 spiro atoms. The summed E-state index contributed by atoms with van der Waals surface area (Å²) in [5, 5.41) is 0. The van der Waals surface area contributed by atoms with Gasteiger partial charge in [0.1, 0.15) is 0 Å². The Kier molecular flexibility index (Phi) is 8.38. The van der Waals surface area contributed by atoms with Crippen molar-refractivity contribution in [2.24, 2.45) is 0 Å². The number of hydrogen-bond acceptors (Lipinski definition) is 5. The molecule has 0 aliphatic carbocycles. The maximum Gasteiger partial charge on any atom is 0 e. The third kappa shape index (κ3) is 6.11. The minimum Gasteiger partial charge on any atom is 0 e. The van der Waals surface area contributed by atoms with E-state index < -0.39 is 20.9 Å². The van der Waals surface area contributed by atoms with Crippen molar-refractivity contribution in [3.63, 3.8) is 0 Å². The Hall–Kier alpha value is -3.55. The molecule has 3 heterocycles. The molecule has 7 heteroatoms. The molecule has 5 aromatic rings. The van der Waals surface area contributed by atoms with E-state index in [1.54, 1.807) is 0 Å². The number of fused-ring (bicyclic) bond motifs is 2. The number of ether oxygens (including phenoxy) is 1. The summed E-state index contributed by atoms with van der Waals surface area (Å²) in [6.45, 7) is 8.73. The van der Waals surface area contributed by atoms with Gasteiger partial charge in [0.2, 0.25) is 0 Å². The first kappa shape index (κ1) is 29.5. The monoisotopic (exact) mass is 858 g/mol. The molecule has 0 saturated carbocycles. The van der Waals surface area contributed by atoms with Crippen LogP contribution in [0.15, 0.2) is 116 Å². The van der Waals surface area contributed by atoms with E-state index in [1.807, 2.05) is 72.6 Å². The molecule has 0 N–H and O–H groups in total. The molecule has 7 rings (SSSR count). The first-order chi connectivity index (χ1) is 20.4. The summed E-state index contributed by atoms with van der Waals surface area (Å²) in [7, 11) is 0. The van der Waals surface area contributed by atoms with Gasteiger partial charge in [-0.2, -0.15) is 0 Å². The van der Waals surface area contributed by atoms with Crippen LogP contribution in [0.2, 0.25) is 0 Å². The quantitative estimate of drug-likeness (QED) is 0.136. The minimum absolute atomic E-state index is 0. The summed E-state index contributed by atoms with van der Waals surface area (Å²) in [6.07, 6.45) is 5.96. The van der Waals surface area contributed by atoms with Gasteiger partial charge in [0.05, 0.1) is 0 Å². The van der Waals surface area contributed by atoms with Crippen molar-refractivity contribution < 1.29 is 25.8 Å². The Morgan fingerprint density at radius 1 is 0.767 bits per heavy atom. The maximum absolute atomic E-state index is 6.38. The molecule has 0 saturated heterocycles. The molecule has 2 aliphatic rings. The van der Waals surface area contributed by atoms with Crippen molar-refractivity contribution in [3.05, 3.63) is 140 Å². The summed E-state index contributed by atoms with van der Waals surface area (Å²) in [5.41, 5.74) is 5.44. The molecule has 43 heavy (non-hydrogen) atoms. The Morgan fingerprint density at radius 3 is 2.37 bits per heavy atom. The molecule has 0 fully saturated rings. The van der Waals surface area contributed by atoms with E-state index in [1.165, 1.54) is 18.5 Å². The Bertz CT molecular complexity index is 1790. The number of anilines is 5. The van der Waals surface area contributed by atoms with Gasteiger partial charge >= 0.3 is 229 Å². The Morgan fingerprint density at radius 2 is 1.53 bits per heavy atom. The van der Waals surface area contributed by atoms with Gasteiger partial charge in [-0.1, -0.05) is 18.2 Å². The average molecular weight is 856 g/mol. The van der Waals surface area contributed by atoms with E-state index in [0.29, 0.717) is 11.5 Å². The van der Waals surface area contributed by atoms with Crippen molar-refractivity contribution in [3.8, 4) is 11.5 Å². The second-order valence-electron chi connectivity index (χ2n) is 11.2. The van der Waals surface area contributed by atoms with Crippen molar-refractivity contribution in [2.45, 2.75) is 26.2 Å². The number of aromatic nitrogens is 1. The standard InChI is InChI=1S/C36H29N4OTe.Pt/c1-36(2,3)26-18-19-37-35(22-26)40-31-14-7-8-15-33(31)42-34-17-16-30(24-32(34)40)41-29-13-9-12-28(23-29)39-21-20-38(25-39)27-10-5-4-6-11-27;/h4-22,25H,1-3H3;/q-3;. The van der Waals surface area contributed by atoms with Crippen molar-refractivity contribution in [1.29, 1.82) is 0 Å². The number of para-hydroxylation sites is 2. The van der Waals surface area contributed by atoms with Crippen molar-refractivity contribution >= 4 is 56.7 Å². The van der Waals surface area contributed by atoms with Gasteiger partial charge in [0, 0.05) is 21.1 Å². The molecule has 0 amide bonds. The predicted molar refractivity (Wildman–Crippen MR) is 172 cm³/mol. The fraction of sp³-hybridized carbons (Fsp3) is 0.111. The van der Waals surface area contributed by atoms with Crippen LogP contribution in [0.5, 0.6) is 11.5 Å². The second-order valence-corrected chi connectivity index (χ2v) is 14.3. The van der Waals surface area contributed by atoms with Crippen LogP contribution in [0.25, 0.3) is 0 Å². The molecule has 0 atom stereocenters. The Balaban J connectivity index is 0.00000329. The van der Waals surface area contributed by atoms with E-state index in [9.17, 15) is 0 Å². The van der Waals surface area contributed by atoms with Crippen LogP contribution >= 0.6 is 0 Å². The number of pyridine rings is 1. The number of benzene rings is 4. The van der Waals surface area contributed by atoms with Crippen LogP contribution in [0, 0.1) is 18.8 Å². The molecule has 2 aliphatic heterocycles. The van der Waals surface area contributed by atoms with E-state index in [0.717, 1.165) is 22.9 Å². The van der Waals surface area contributed by atoms with Crippen LogP contribution in [0.4, 0.5) is 28.6 Å². The second kappa shape index (κ2) is 12.2. The summed E-state index contributed by atoms with van der Waals surface area (Å²) >= 11 is -0.589. The first-order valence-corrected chi connectivity index (χ1v) is 16.2. The van der Waals surface area contributed by atoms with Crippen LogP contribution < -0.4 is 26.7 Å². The molecular weight excluding hydrogens is 827 g/mol. The summed E-state index contributed by atoms with van der Waals surface area (Å²) in [5.74, 6) is 2.18. The average Bonchev–Trinajstić information content (AvgIpc) is 3.51. The summed E-state index contributed by atoms with van der Waals surface area (Å²) in [4.78, 5) is 11.2. The minimum atomic E-state index is -0.589. The van der Waals surface area contributed by atoms with Crippen LogP contribution in [0.3, 0.4) is 0 Å². The number of nitrogens with zero attached hydrogens (tertiary/aromatic N) is 4. The predicted octanol–water partition coefficient (Wildman–Crippen LogP) is 7.12. The van der Waals surface area contributed by atoms with E-state index in [4.69, 9.17) is 9.72 Å². The van der Waals surface area contributed by atoms with Crippen molar-refractivity contribution in [1.82, 2.24) is 4.98 Å². The zero-order chi connectivity index (χ0) is 28.7. The van der Waals surface area contributed by atoms with Gasteiger partial charge in [0.15, 0.2) is 0 Å². The molecular formula is C36H29N4OPtTe-3. The molecule has 0 unspecified atom stereocenters. The van der Waals surface area contributed by atoms with Crippen LogP contribution in [-0.4, -0.2) is 25.9 Å². The van der Waals surface area contributed by atoms with E-state index in [-0.39, 0.29) is 26.5 Å². The molecule has 0 bridgehead atoms. The number of rotatable bonds is 5. The van der Waals surface area contributed by atoms with E-state index in [2.05, 4.69) is 97.3 Å². The molecule has 5 nitrogen and oxygen atoms in total. The first-order valence-electron chi connectivity index (χ1n) is 13.9. The number of hydrogen-bond donors (Lipinski definition) is 0. The smallest absolute Gasteiger partial charge is 0 e. The largest absolute Gasteiger partial charge is 0 e. The summed E-state index contributed by atoms with van der Waals surface area (Å²) < 4.78 is 9.08. The molecule has 0 radical (unpaired) electrons. The molecule has 4 aromatic carbocycles. The van der Waals surface area contributed by atoms with Gasteiger partial charge in [-0.25, -0.2) is 0 Å². The van der Waals surface area contributed by atoms with Crippen LogP contribution in [-0.2, 0) is 26.5 Å². The summed E-state index contributed by atoms with van der Waals surface area (Å²) in [6, 6.07) is 40.4. The van der Waals surface area contributed by atoms with E-state index >= 15 is 0 Å². The topological polar surface area (TPSA) is 31.8 Å².